The SMILES string of the molecule is O=C(NCCOCCO)c1cc(F)c(F)c(O)c1F. The van der Waals surface area contributed by atoms with E-state index in [0.29, 0.717) is 6.07 Å². The summed E-state index contributed by atoms with van der Waals surface area (Å²) in [6, 6.07) is 0.355. The van der Waals surface area contributed by atoms with E-state index in [1.165, 1.54) is 0 Å². The van der Waals surface area contributed by atoms with E-state index in [-0.39, 0.29) is 26.4 Å². The molecule has 1 aromatic carbocycles. The molecule has 0 radical (unpaired) electrons. The van der Waals surface area contributed by atoms with Gasteiger partial charge in [0.1, 0.15) is 0 Å². The standard InChI is InChI=1S/C11H12F3NO4/c12-7-5-6(8(13)10(17)9(7)14)11(18)15-1-3-19-4-2-16/h5,16-17H,1-4H2,(H,15,18). The van der Waals surface area contributed by atoms with Crippen molar-refractivity contribution < 1.29 is 32.9 Å². The maximum absolute atomic E-state index is 13.3. The number of nitrogens with one attached hydrogen (secondary N) is 1. The van der Waals surface area contributed by atoms with Gasteiger partial charge in [-0.05, 0) is 6.07 Å². The fraction of sp³-hybridized carbons (Fsp3) is 0.364. The van der Waals surface area contributed by atoms with Gasteiger partial charge in [-0.1, -0.05) is 0 Å². The minimum Gasteiger partial charge on any atom is -0.503 e. The molecule has 1 amide bonds. The molecular formula is C11H12F3NO4. The Kier molecular flexibility index (Phi) is 5.58. The van der Waals surface area contributed by atoms with E-state index < -0.39 is 34.7 Å². The first-order valence-corrected chi connectivity index (χ1v) is 5.32. The van der Waals surface area contributed by atoms with Gasteiger partial charge in [-0.25, -0.2) is 8.78 Å². The number of hydrogen-bond donors (Lipinski definition) is 3. The Morgan fingerprint density at radius 3 is 2.58 bits per heavy atom. The van der Waals surface area contributed by atoms with Gasteiger partial charge in [0, 0.05) is 6.54 Å². The Hall–Kier alpha value is -1.80. The molecule has 0 aliphatic rings. The number of phenolic OH excluding ortho intramolecular Hbond substituents is 1. The third-order valence-electron chi connectivity index (χ3n) is 2.15. The highest BCUT2D eigenvalue weighted by Crippen LogP contribution is 2.25. The van der Waals surface area contributed by atoms with Crippen LogP contribution in [0, 0.1) is 17.5 Å². The zero-order valence-corrected chi connectivity index (χ0v) is 9.75. The fourth-order valence-electron chi connectivity index (χ4n) is 1.25. The topological polar surface area (TPSA) is 78.8 Å². The lowest BCUT2D eigenvalue weighted by Gasteiger charge is -2.08. The van der Waals surface area contributed by atoms with Gasteiger partial charge < -0.3 is 20.3 Å². The number of rotatable bonds is 6. The number of carbonyl (C=O) groups is 1. The van der Waals surface area contributed by atoms with Crippen molar-refractivity contribution >= 4 is 5.91 Å². The van der Waals surface area contributed by atoms with Crippen molar-refractivity contribution in [1.82, 2.24) is 5.32 Å². The van der Waals surface area contributed by atoms with Gasteiger partial charge in [0.05, 0.1) is 25.4 Å². The van der Waals surface area contributed by atoms with Gasteiger partial charge in [-0.3, -0.25) is 4.79 Å². The van der Waals surface area contributed by atoms with E-state index in [9.17, 15) is 18.0 Å². The summed E-state index contributed by atoms with van der Waals surface area (Å²) < 4.78 is 43.9. The van der Waals surface area contributed by atoms with Crippen molar-refractivity contribution in [2.45, 2.75) is 0 Å². The molecule has 0 heterocycles. The summed E-state index contributed by atoms with van der Waals surface area (Å²) in [5.41, 5.74) is -0.807. The largest absolute Gasteiger partial charge is 0.503 e. The van der Waals surface area contributed by atoms with Gasteiger partial charge in [0.2, 0.25) is 5.82 Å². The summed E-state index contributed by atoms with van der Waals surface area (Å²) in [6.07, 6.45) is 0. The summed E-state index contributed by atoms with van der Waals surface area (Å²) >= 11 is 0. The lowest BCUT2D eigenvalue weighted by molar-refractivity contribution is 0.0834. The third kappa shape index (κ3) is 3.83. The third-order valence-corrected chi connectivity index (χ3v) is 2.15. The van der Waals surface area contributed by atoms with E-state index in [4.69, 9.17) is 14.9 Å². The normalized spacial score (nSPS) is 10.5. The fourth-order valence-corrected chi connectivity index (χ4v) is 1.25. The summed E-state index contributed by atoms with van der Waals surface area (Å²) in [5, 5.41) is 19.5. The quantitative estimate of drug-likeness (QED) is 0.525. The van der Waals surface area contributed by atoms with Crippen molar-refractivity contribution in [3.63, 3.8) is 0 Å². The number of aliphatic hydroxyl groups is 1. The molecule has 0 unspecified atom stereocenters. The smallest absolute Gasteiger partial charge is 0.254 e. The number of phenols is 1. The van der Waals surface area contributed by atoms with Crippen molar-refractivity contribution in [2.75, 3.05) is 26.4 Å². The number of amides is 1. The first-order chi connectivity index (χ1) is 8.99. The van der Waals surface area contributed by atoms with Crippen LogP contribution in [-0.2, 0) is 4.74 Å². The highest BCUT2D eigenvalue weighted by atomic mass is 19.2. The molecule has 0 saturated heterocycles. The van der Waals surface area contributed by atoms with Crippen molar-refractivity contribution in [3.05, 3.63) is 29.1 Å². The summed E-state index contributed by atoms with van der Waals surface area (Å²) in [6.45, 7) is -0.0581. The Morgan fingerprint density at radius 2 is 1.95 bits per heavy atom. The van der Waals surface area contributed by atoms with E-state index in [0.717, 1.165) is 0 Å². The van der Waals surface area contributed by atoms with Crippen LogP contribution >= 0.6 is 0 Å². The number of carbonyl (C=O) groups excluding carboxylic acids is 1. The molecule has 1 aromatic rings. The molecule has 8 heteroatoms. The monoisotopic (exact) mass is 279 g/mol. The van der Waals surface area contributed by atoms with Crippen LogP contribution in [0.25, 0.3) is 0 Å². The number of benzene rings is 1. The second-order valence-corrected chi connectivity index (χ2v) is 3.47. The number of aromatic hydroxyl groups is 1. The van der Waals surface area contributed by atoms with Gasteiger partial charge in [-0.15, -0.1) is 0 Å². The average Bonchev–Trinajstić information content (AvgIpc) is 2.40. The Labute approximate surface area is 106 Å². The van der Waals surface area contributed by atoms with E-state index >= 15 is 0 Å². The summed E-state index contributed by atoms with van der Waals surface area (Å²) in [4.78, 5) is 11.5. The number of ether oxygens (including phenoxy) is 1. The van der Waals surface area contributed by atoms with Crippen LogP contribution in [0.2, 0.25) is 0 Å². The minimum absolute atomic E-state index is 0.0158. The molecule has 0 atom stereocenters. The average molecular weight is 279 g/mol. The molecule has 0 aliphatic carbocycles. The first-order valence-electron chi connectivity index (χ1n) is 5.32. The zero-order valence-electron chi connectivity index (χ0n) is 9.75. The van der Waals surface area contributed by atoms with Crippen LogP contribution in [0.15, 0.2) is 6.07 Å². The maximum atomic E-state index is 13.3. The molecule has 19 heavy (non-hydrogen) atoms. The zero-order chi connectivity index (χ0) is 14.4. The van der Waals surface area contributed by atoms with Crippen molar-refractivity contribution in [1.29, 1.82) is 0 Å². The second kappa shape index (κ2) is 6.95. The molecule has 0 aromatic heterocycles. The second-order valence-electron chi connectivity index (χ2n) is 3.47. The number of halogens is 3. The molecule has 0 fully saturated rings. The van der Waals surface area contributed by atoms with Gasteiger partial charge in [-0.2, -0.15) is 4.39 Å². The highest BCUT2D eigenvalue weighted by molar-refractivity contribution is 5.94. The molecule has 0 aliphatic heterocycles. The molecule has 0 bridgehead atoms. The Bertz CT molecular complexity index is 468. The number of aliphatic hydroxyl groups excluding tert-OH is 1. The lowest BCUT2D eigenvalue weighted by Crippen LogP contribution is -2.28. The number of hydrogen-bond acceptors (Lipinski definition) is 4. The van der Waals surface area contributed by atoms with E-state index in [2.05, 4.69) is 5.32 Å². The molecule has 0 saturated carbocycles. The van der Waals surface area contributed by atoms with Crippen molar-refractivity contribution in [2.24, 2.45) is 0 Å². The summed E-state index contributed by atoms with van der Waals surface area (Å²) in [5.74, 6) is -7.37. The first kappa shape index (κ1) is 15.3. The van der Waals surface area contributed by atoms with Crippen LogP contribution in [-0.4, -0.2) is 42.5 Å². The lowest BCUT2D eigenvalue weighted by atomic mass is 10.1. The van der Waals surface area contributed by atoms with Gasteiger partial charge in [0.25, 0.3) is 5.91 Å². The van der Waals surface area contributed by atoms with E-state index in [1.54, 1.807) is 0 Å². The molecule has 3 N–H and O–H groups in total. The van der Waals surface area contributed by atoms with Crippen LogP contribution in [0.4, 0.5) is 13.2 Å². The van der Waals surface area contributed by atoms with Crippen LogP contribution in [0.3, 0.4) is 0 Å². The van der Waals surface area contributed by atoms with E-state index in [1.807, 2.05) is 0 Å². The van der Waals surface area contributed by atoms with Crippen LogP contribution in [0.1, 0.15) is 10.4 Å². The highest BCUT2D eigenvalue weighted by Gasteiger charge is 2.22. The van der Waals surface area contributed by atoms with Crippen molar-refractivity contribution in [3.8, 4) is 5.75 Å². The molecule has 5 nitrogen and oxygen atoms in total. The Morgan fingerprint density at radius 1 is 1.26 bits per heavy atom. The molecule has 1 rings (SSSR count). The van der Waals surface area contributed by atoms with Gasteiger partial charge >= 0.3 is 0 Å². The predicted octanol–water partition coefficient (Wildman–Crippen LogP) is 0.548. The maximum Gasteiger partial charge on any atom is 0.254 e. The van der Waals surface area contributed by atoms with Crippen LogP contribution in [0.5, 0.6) is 5.75 Å². The minimum atomic E-state index is -1.75. The van der Waals surface area contributed by atoms with Gasteiger partial charge in [0.15, 0.2) is 17.4 Å². The Balaban J connectivity index is 2.67. The predicted molar refractivity (Wildman–Crippen MR) is 58.2 cm³/mol. The van der Waals surface area contributed by atoms with Crippen LogP contribution < -0.4 is 5.32 Å². The molecule has 0 spiro atoms. The summed E-state index contributed by atoms with van der Waals surface area (Å²) in [7, 11) is 0. The molecule has 106 valence electrons. The molecular weight excluding hydrogens is 267 g/mol.